The van der Waals surface area contributed by atoms with Gasteiger partial charge in [0.1, 0.15) is 5.60 Å². The maximum absolute atomic E-state index is 5.70. The van der Waals surface area contributed by atoms with Gasteiger partial charge in [-0.15, -0.1) is 0 Å². The third kappa shape index (κ3) is 4.17. The van der Waals surface area contributed by atoms with Crippen LogP contribution in [0, 0.1) is 5.92 Å². The number of piperidine rings is 1. The molecule has 2 heterocycles. The largest absolute Gasteiger partial charge is 0.378 e. The third-order valence-electron chi connectivity index (χ3n) is 5.04. The van der Waals surface area contributed by atoms with Crippen LogP contribution >= 0.6 is 0 Å². The molecule has 2 rings (SSSR count). The fraction of sp³-hybridized carbons (Fsp3) is 1.00. The van der Waals surface area contributed by atoms with Crippen molar-refractivity contribution in [2.45, 2.75) is 51.2 Å². The Kier molecular flexibility index (Phi) is 6.27. The van der Waals surface area contributed by atoms with Gasteiger partial charge in [-0.1, -0.05) is 6.92 Å². The molecule has 4 nitrogen and oxygen atoms in total. The fourth-order valence-electron chi connectivity index (χ4n) is 3.49. The summed E-state index contributed by atoms with van der Waals surface area (Å²) >= 11 is 0. The zero-order valence-electron chi connectivity index (χ0n) is 13.5. The molecule has 3 unspecified atom stereocenters. The Balaban J connectivity index is 1.77. The summed E-state index contributed by atoms with van der Waals surface area (Å²) in [6.07, 6.45) is 4.97. The van der Waals surface area contributed by atoms with Gasteiger partial charge in [-0.2, -0.15) is 0 Å². The number of hydrogen-bond donors (Lipinski definition) is 1. The number of ether oxygens (including phenoxy) is 2. The van der Waals surface area contributed by atoms with E-state index in [4.69, 9.17) is 9.47 Å². The van der Waals surface area contributed by atoms with E-state index in [1.54, 1.807) is 0 Å². The molecule has 3 atom stereocenters. The first-order valence-corrected chi connectivity index (χ1v) is 8.28. The molecule has 0 spiro atoms. The van der Waals surface area contributed by atoms with Crippen molar-refractivity contribution in [2.24, 2.45) is 5.92 Å². The van der Waals surface area contributed by atoms with Gasteiger partial charge in [0.05, 0.1) is 6.61 Å². The Bertz CT molecular complexity index is 278. The molecule has 2 fully saturated rings. The minimum atomic E-state index is -0.0912. The molecule has 0 aliphatic carbocycles. The first-order chi connectivity index (χ1) is 9.69. The number of rotatable bonds is 7. The number of likely N-dealkylation sites (tertiary alicyclic amines) is 1. The summed E-state index contributed by atoms with van der Waals surface area (Å²) in [6.45, 7) is 10.9. The van der Waals surface area contributed by atoms with E-state index in [0.29, 0.717) is 6.04 Å². The van der Waals surface area contributed by atoms with Gasteiger partial charge in [-0.25, -0.2) is 0 Å². The molecule has 0 bridgehead atoms. The maximum Gasteiger partial charge on any atom is 0.106 e. The molecule has 0 radical (unpaired) electrons. The summed E-state index contributed by atoms with van der Waals surface area (Å²) in [4.78, 5) is 2.62. The van der Waals surface area contributed by atoms with Crippen molar-refractivity contribution < 1.29 is 9.47 Å². The minimum absolute atomic E-state index is 0.0912. The minimum Gasteiger partial charge on any atom is -0.378 e. The first-order valence-electron chi connectivity index (χ1n) is 8.28. The summed E-state index contributed by atoms with van der Waals surface area (Å²) in [6, 6.07) is 0.558. The van der Waals surface area contributed by atoms with Crippen molar-refractivity contribution in [3.05, 3.63) is 0 Å². The van der Waals surface area contributed by atoms with Crippen molar-refractivity contribution in [1.82, 2.24) is 10.2 Å². The van der Waals surface area contributed by atoms with Crippen molar-refractivity contribution in [1.29, 1.82) is 0 Å². The monoisotopic (exact) mass is 284 g/mol. The number of nitrogens with zero attached hydrogens (tertiary/aromatic N) is 1. The lowest BCUT2D eigenvalue weighted by Gasteiger charge is -2.37. The van der Waals surface area contributed by atoms with E-state index in [1.807, 2.05) is 7.11 Å². The topological polar surface area (TPSA) is 33.7 Å². The highest BCUT2D eigenvalue weighted by Crippen LogP contribution is 2.24. The second-order valence-electron chi connectivity index (χ2n) is 6.56. The maximum atomic E-state index is 5.70. The zero-order chi connectivity index (χ0) is 14.4. The molecule has 2 saturated heterocycles. The molecular formula is C16H32N2O2. The van der Waals surface area contributed by atoms with E-state index in [1.165, 1.54) is 38.9 Å². The predicted octanol–water partition coefficient (Wildman–Crippen LogP) is 1.89. The van der Waals surface area contributed by atoms with Crippen LogP contribution in [0.4, 0.5) is 0 Å². The summed E-state index contributed by atoms with van der Waals surface area (Å²) in [7, 11) is 1.81. The van der Waals surface area contributed by atoms with Gasteiger partial charge < -0.3 is 19.7 Å². The second-order valence-corrected chi connectivity index (χ2v) is 6.56. The van der Waals surface area contributed by atoms with Gasteiger partial charge >= 0.3 is 0 Å². The Hall–Kier alpha value is -0.160. The lowest BCUT2D eigenvalue weighted by Crippen LogP contribution is -2.50. The van der Waals surface area contributed by atoms with Crippen LogP contribution in [-0.4, -0.2) is 63.0 Å². The number of nitrogens with one attached hydrogen (secondary N) is 1. The van der Waals surface area contributed by atoms with Crippen molar-refractivity contribution in [3.8, 4) is 0 Å². The number of methoxy groups -OCH3 is 1. The van der Waals surface area contributed by atoms with Crippen LogP contribution in [0.2, 0.25) is 0 Å². The summed E-state index contributed by atoms with van der Waals surface area (Å²) in [5.41, 5.74) is -0.0912. The quantitative estimate of drug-likeness (QED) is 0.774. The molecule has 0 aromatic rings. The van der Waals surface area contributed by atoms with Crippen LogP contribution in [0.5, 0.6) is 0 Å². The van der Waals surface area contributed by atoms with Crippen molar-refractivity contribution in [2.75, 3.05) is 46.5 Å². The van der Waals surface area contributed by atoms with Crippen LogP contribution in [0.25, 0.3) is 0 Å². The molecule has 0 aromatic carbocycles. The van der Waals surface area contributed by atoms with Crippen LogP contribution < -0.4 is 5.32 Å². The van der Waals surface area contributed by atoms with E-state index in [-0.39, 0.29) is 5.60 Å². The zero-order valence-corrected chi connectivity index (χ0v) is 13.5. The predicted molar refractivity (Wildman–Crippen MR) is 82.1 cm³/mol. The Morgan fingerprint density at radius 2 is 2.35 bits per heavy atom. The number of hydrogen-bond acceptors (Lipinski definition) is 4. The summed E-state index contributed by atoms with van der Waals surface area (Å²) in [5, 5.41) is 3.72. The standard InChI is InChI=1S/C16H32N2O2/c1-4-8-18-9-5-6-15(11-18)14(2)17-12-16(19-3)7-10-20-13-16/h14-15,17H,4-13H2,1-3H3. The van der Waals surface area contributed by atoms with Gasteiger partial charge in [0.2, 0.25) is 0 Å². The van der Waals surface area contributed by atoms with Crippen LogP contribution in [-0.2, 0) is 9.47 Å². The second kappa shape index (κ2) is 7.74. The molecule has 0 aromatic heterocycles. The molecule has 2 aliphatic rings. The average molecular weight is 284 g/mol. The average Bonchev–Trinajstić information content (AvgIpc) is 2.95. The van der Waals surface area contributed by atoms with Crippen molar-refractivity contribution in [3.63, 3.8) is 0 Å². The van der Waals surface area contributed by atoms with Gasteiger partial charge in [0.25, 0.3) is 0 Å². The van der Waals surface area contributed by atoms with E-state index in [0.717, 1.165) is 32.1 Å². The van der Waals surface area contributed by atoms with Gasteiger partial charge in [0.15, 0.2) is 0 Å². The van der Waals surface area contributed by atoms with Crippen molar-refractivity contribution >= 4 is 0 Å². The molecule has 20 heavy (non-hydrogen) atoms. The molecule has 1 N–H and O–H groups in total. The van der Waals surface area contributed by atoms with Crippen LogP contribution in [0.1, 0.15) is 39.5 Å². The highest BCUT2D eigenvalue weighted by Gasteiger charge is 2.35. The Morgan fingerprint density at radius 3 is 3.00 bits per heavy atom. The normalized spacial score (nSPS) is 33.5. The summed E-state index contributed by atoms with van der Waals surface area (Å²) in [5.74, 6) is 0.770. The van der Waals surface area contributed by atoms with E-state index >= 15 is 0 Å². The van der Waals surface area contributed by atoms with E-state index < -0.39 is 0 Å². The lowest BCUT2D eigenvalue weighted by atomic mass is 9.90. The SMILES string of the molecule is CCCN1CCCC(C(C)NCC2(OC)CCOC2)C1. The third-order valence-corrected chi connectivity index (χ3v) is 5.04. The Morgan fingerprint density at radius 1 is 1.50 bits per heavy atom. The van der Waals surface area contributed by atoms with E-state index in [9.17, 15) is 0 Å². The smallest absolute Gasteiger partial charge is 0.106 e. The first kappa shape index (κ1) is 16.2. The van der Waals surface area contributed by atoms with Gasteiger partial charge in [-0.05, 0) is 45.2 Å². The van der Waals surface area contributed by atoms with Gasteiger partial charge in [-0.3, -0.25) is 0 Å². The highest BCUT2D eigenvalue weighted by molar-refractivity contribution is 4.89. The molecule has 118 valence electrons. The summed E-state index contributed by atoms with van der Waals surface area (Å²) < 4.78 is 11.2. The molecule has 0 amide bonds. The lowest BCUT2D eigenvalue weighted by molar-refractivity contribution is -0.0192. The molecule has 4 heteroatoms. The molecule has 2 aliphatic heterocycles. The van der Waals surface area contributed by atoms with Crippen LogP contribution in [0.3, 0.4) is 0 Å². The van der Waals surface area contributed by atoms with E-state index in [2.05, 4.69) is 24.1 Å². The molecular weight excluding hydrogens is 252 g/mol. The highest BCUT2D eigenvalue weighted by atomic mass is 16.5. The van der Waals surface area contributed by atoms with Crippen LogP contribution in [0.15, 0.2) is 0 Å². The fourth-order valence-corrected chi connectivity index (χ4v) is 3.49. The Labute approximate surface area is 124 Å². The molecule has 0 saturated carbocycles. The van der Waals surface area contributed by atoms with Gasteiger partial charge in [0, 0.05) is 39.3 Å².